The number of aromatic nitrogens is 1. The Kier molecular flexibility index (Phi) is 6.82. The smallest absolute Gasteiger partial charge is 0.0832 e. The maximum atomic E-state index is 4.63. The van der Waals surface area contributed by atoms with Crippen LogP contribution >= 0.6 is 11.3 Å². The van der Waals surface area contributed by atoms with Gasteiger partial charge in [-0.15, -0.1) is 11.3 Å². The lowest BCUT2D eigenvalue weighted by atomic mass is 9.72. The van der Waals surface area contributed by atoms with Crippen molar-refractivity contribution in [2.45, 2.75) is 31.7 Å². The summed E-state index contributed by atoms with van der Waals surface area (Å²) in [7, 11) is 0. The van der Waals surface area contributed by atoms with E-state index in [9.17, 15) is 0 Å². The topological polar surface area (TPSA) is 16.1 Å². The lowest BCUT2D eigenvalue weighted by Gasteiger charge is -2.47. The van der Waals surface area contributed by atoms with Gasteiger partial charge in [0.2, 0.25) is 0 Å². The van der Waals surface area contributed by atoms with Gasteiger partial charge in [0.25, 0.3) is 0 Å². The first-order chi connectivity index (χ1) is 17.8. The fourth-order valence-electron chi connectivity index (χ4n) is 6.05. The maximum absolute atomic E-state index is 4.63. The van der Waals surface area contributed by atoms with E-state index in [4.69, 9.17) is 0 Å². The molecule has 2 nitrogen and oxygen atoms in total. The van der Waals surface area contributed by atoms with Gasteiger partial charge in [-0.2, -0.15) is 0 Å². The molecule has 1 fully saturated rings. The summed E-state index contributed by atoms with van der Waals surface area (Å²) in [5, 5.41) is 0. The normalized spacial score (nSPS) is 20.0. The summed E-state index contributed by atoms with van der Waals surface area (Å²) >= 11 is 1.72. The molecule has 1 aliphatic heterocycles. The highest BCUT2D eigenvalue weighted by molar-refractivity contribution is 7.16. The van der Waals surface area contributed by atoms with Crippen molar-refractivity contribution in [3.63, 3.8) is 0 Å². The van der Waals surface area contributed by atoms with Crippen molar-refractivity contribution in [3.8, 4) is 0 Å². The van der Waals surface area contributed by atoms with Crippen LogP contribution in [0.3, 0.4) is 0 Å². The summed E-state index contributed by atoms with van der Waals surface area (Å²) in [5.74, 6) is 1.19. The Labute approximate surface area is 218 Å². The molecule has 0 saturated carbocycles. The largest absolute Gasteiger partial charge is 0.368 e. The number of anilines is 1. The van der Waals surface area contributed by atoms with Gasteiger partial charge in [-0.25, -0.2) is 4.98 Å². The van der Waals surface area contributed by atoms with Crippen LogP contribution in [-0.4, -0.2) is 17.6 Å². The van der Waals surface area contributed by atoms with Crippen molar-refractivity contribution in [3.05, 3.63) is 131 Å². The maximum Gasteiger partial charge on any atom is 0.0832 e. The second-order valence-corrected chi connectivity index (χ2v) is 10.9. The molecule has 36 heavy (non-hydrogen) atoms. The quantitative estimate of drug-likeness (QED) is 0.232. The molecule has 1 saturated heterocycles. The highest BCUT2D eigenvalue weighted by Gasteiger charge is 2.38. The van der Waals surface area contributed by atoms with Gasteiger partial charge in [0.1, 0.15) is 0 Å². The number of piperidine rings is 1. The zero-order valence-corrected chi connectivity index (χ0v) is 21.4. The molecule has 3 atom stereocenters. The highest BCUT2D eigenvalue weighted by Crippen LogP contribution is 2.39. The Morgan fingerprint density at radius 2 is 1.31 bits per heavy atom. The van der Waals surface area contributed by atoms with Crippen LogP contribution in [0.5, 0.6) is 0 Å². The molecule has 3 heteroatoms. The fourth-order valence-corrected chi connectivity index (χ4v) is 6.71. The van der Waals surface area contributed by atoms with Gasteiger partial charge in [-0.3, -0.25) is 0 Å². The highest BCUT2D eigenvalue weighted by atomic mass is 32.1. The average Bonchev–Trinajstić information content (AvgIpc) is 3.40. The Balaban J connectivity index is 1.40. The van der Waals surface area contributed by atoms with Crippen LogP contribution < -0.4 is 4.90 Å². The molecular weight excluding hydrogens is 456 g/mol. The third-order valence-corrected chi connectivity index (χ3v) is 8.64. The van der Waals surface area contributed by atoms with Crippen molar-refractivity contribution >= 4 is 27.2 Å². The van der Waals surface area contributed by atoms with Crippen molar-refractivity contribution in [2.75, 3.05) is 11.4 Å². The van der Waals surface area contributed by atoms with E-state index in [-0.39, 0.29) is 0 Å². The van der Waals surface area contributed by atoms with Gasteiger partial charge in [-0.1, -0.05) is 91.0 Å². The minimum Gasteiger partial charge on any atom is -0.368 e. The number of hydrogen-bond acceptors (Lipinski definition) is 3. The van der Waals surface area contributed by atoms with E-state index in [1.807, 2.05) is 5.51 Å². The Morgan fingerprint density at radius 3 is 1.97 bits per heavy atom. The number of hydrogen-bond donors (Lipinski definition) is 0. The SMILES string of the molecule is c1ccc(CC2CCN(c3ccc4scnc4c3)C(Cc3ccccc3)C2Cc2ccccc2)cc1. The van der Waals surface area contributed by atoms with Crippen LogP contribution in [0.4, 0.5) is 5.69 Å². The number of nitrogens with zero attached hydrogens (tertiary/aromatic N) is 2. The minimum atomic E-state index is 0.422. The van der Waals surface area contributed by atoms with Crippen molar-refractivity contribution in [1.82, 2.24) is 4.98 Å². The van der Waals surface area contributed by atoms with Gasteiger partial charge < -0.3 is 4.90 Å². The first kappa shape index (κ1) is 23.0. The number of benzene rings is 4. The Bertz CT molecular complexity index is 1380. The molecule has 0 amide bonds. The van der Waals surface area contributed by atoms with Crippen LogP contribution in [-0.2, 0) is 19.3 Å². The predicted octanol–water partition coefficient (Wildman–Crippen LogP) is 7.84. The van der Waals surface area contributed by atoms with E-state index in [0.717, 1.165) is 31.3 Å². The van der Waals surface area contributed by atoms with Crippen LogP contribution in [0.2, 0.25) is 0 Å². The predicted molar refractivity (Wildman–Crippen MR) is 153 cm³/mol. The van der Waals surface area contributed by atoms with Crippen LogP contribution in [0, 0.1) is 11.8 Å². The molecule has 0 N–H and O–H groups in total. The molecule has 2 heterocycles. The van der Waals surface area contributed by atoms with Crippen molar-refractivity contribution < 1.29 is 0 Å². The molecule has 0 bridgehead atoms. The van der Waals surface area contributed by atoms with Gasteiger partial charge in [0.05, 0.1) is 15.7 Å². The first-order valence-corrected chi connectivity index (χ1v) is 13.9. The molecule has 6 rings (SSSR count). The molecule has 0 radical (unpaired) electrons. The molecule has 1 aliphatic rings. The third-order valence-electron chi connectivity index (χ3n) is 7.83. The van der Waals surface area contributed by atoms with E-state index in [0.29, 0.717) is 17.9 Å². The standard InChI is InChI=1S/C33H32N2S/c1-4-10-25(11-5-1)20-28-18-19-35(29-16-17-33-31(23-29)34-24-36-33)32(22-27-14-8-3-9-15-27)30(28)21-26-12-6-2-7-13-26/h1-17,23-24,28,30,32H,18-22H2. The van der Waals surface area contributed by atoms with Crippen molar-refractivity contribution in [1.29, 1.82) is 0 Å². The third kappa shape index (κ3) is 5.08. The van der Waals surface area contributed by atoms with Gasteiger partial charge >= 0.3 is 0 Å². The van der Waals surface area contributed by atoms with E-state index in [2.05, 4.69) is 119 Å². The van der Waals surface area contributed by atoms with E-state index in [1.54, 1.807) is 11.3 Å². The lowest BCUT2D eigenvalue weighted by molar-refractivity contribution is 0.213. The number of fused-ring (bicyclic) bond motifs is 1. The van der Waals surface area contributed by atoms with Gasteiger partial charge in [-0.05, 0) is 72.4 Å². The molecule has 180 valence electrons. The van der Waals surface area contributed by atoms with Crippen LogP contribution in [0.15, 0.2) is 115 Å². The van der Waals surface area contributed by atoms with E-state index in [1.165, 1.54) is 33.5 Å². The second-order valence-electron chi connectivity index (χ2n) is 10.0. The Morgan fingerprint density at radius 1 is 0.694 bits per heavy atom. The Hall–Kier alpha value is -3.43. The summed E-state index contributed by atoms with van der Waals surface area (Å²) < 4.78 is 1.26. The molecule has 0 aliphatic carbocycles. The lowest BCUT2D eigenvalue weighted by Crippen LogP contribution is -2.51. The fraction of sp³-hybridized carbons (Fsp3) is 0.242. The zero-order valence-electron chi connectivity index (χ0n) is 20.5. The number of rotatable bonds is 7. The molecule has 4 aromatic carbocycles. The van der Waals surface area contributed by atoms with Crippen molar-refractivity contribution in [2.24, 2.45) is 11.8 Å². The molecule has 0 spiro atoms. The monoisotopic (exact) mass is 488 g/mol. The van der Waals surface area contributed by atoms with E-state index < -0.39 is 0 Å². The van der Waals surface area contributed by atoms with E-state index >= 15 is 0 Å². The van der Waals surface area contributed by atoms with Gasteiger partial charge in [0.15, 0.2) is 0 Å². The summed E-state index contributed by atoms with van der Waals surface area (Å²) in [6.45, 7) is 1.08. The minimum absolute atomic E-state index is 0.422. The summed E-state index contributed by atoms with van der Waals surface area (Å²) in [6.07, 6.45) is 4.50. The molecular formula is C33H32N2S. The number of thiazole rings is 1. The second kappa shape index (κ2) is 10.7. The average molecular weight is 489 g/mol. The van der Waals surface area contributed by atoms with Crippen LogP contribution in [0.1, 0.15) is 23.1 Å². The molecule has 3 unspecified atom stereocenters. The van der Waals surface area contributed by atoms with Crippen LogP contribution in [0.25, 0.3) is 10.2 Å². The summed E-state index contributed by atoms with van der Waals surface area (Å²) in [5.41, 5.74) is 8.69. The first-order valence-electron chi connectivity index (χ1n) is 13.1. The van der Waals surface area contributed by atoms with Gasteiger partial charge in [0, 0.05) is 18.3 Å². The molecule has 1 aromatic heterocycles. The molecule has 5 aromatic rings. The zero-order chi connectivity index (χ0) is 24.2. The summed E-state index contributed by atoms with van der Waals surface area (Å²) in [6, 6.07) is 40.6. The summed E-state index contributed by atoms with van der Waals surface area (Å²) in [4.78, 5) is 7.33.